The van der Waals surface area contributed by atoms with Crippen molar-refractivity contribution in [3.8, 4) is 0 Å². The largest absolute Gasteiger partial charge is 0.308 e. The molecule has 1 aromatic carbocycles. The van der Waals surface area contributed by atoms with E-state index in [9.17, 15) is 9.59 Å². The van der Waals surface area contributed by atoms with Crippen LogP contribution in [0.3, 0.4) is 0 Å². The topological polar surface area (TPSA) is 98.6 Å². The lowest BCUT2D eigenvalue weighted by atomic mass is 10.1. The van der Waals surface area contributed by atoms with E-state index >= 15 is 0 Å². The number of para-hydroxylation sites is 1. The van der Waals surface area contributed by atoms with Crippen molar-refractivity contribution in [2.24, 2.45) is 0 Å². The second-order valence-corrected chi connectivity index (χ2v) is 5.61. The summed E-state index contributed by atoms with van der Waals surface area (Å²) >= 11 is 0. The number of aryl methyl sites for hydroxylation is 1. The van der Waals surface area contributed by atoms with E-state index in [0.717, 1.165) is 35.2 Å². The third kappa shape index (κ3) is 4.51. The van der Waals surface area contributed by atoms with Crippen molar-refractivity contribution in [2.45, 2.75) is 33.6 Å². The smallest absolute Gasteiger partial charge is 0.276 e. The highest BCUT2D eigenvalue weighted by atomic mass is 32.2. The summed E-state index contributed by atoms with van der Waals surface area (Å²) in [4.78, 5) is 23.9. The van der Waals surface area contributed by atoms with Crippen LogP contribution >= 0.6 is 0 Å². The highest BCUT2D eigenvalue weighted by Crippen LogP contribution is 2.28. The fraction of sp³-hybridized carbons (Fsp3) is 0.375. The second kappa shape index (κ2) is 8.97. The standard InChI is InChI=1S/C16H20N2O2.HNO2S/c1-4-13-8-6-7-9-15(13)18(11-19)17-10-12(3)14(5-2)16(17)20;1-4(2)3/h6-9,11H,4-5,10H2,1-3H3;1H. The van der Waals surface area contributed by atoms with Crippen LogP contribution in [0.15, 0.2) is 35.4 Å². The molecule has 1 aliphatic heterocycles. The SMILES string of the molecule is CCC1=C(C)CN(N(C=O)c2ccccc2CC)C1=O.N=S(=O)=O. The molecular weight excluding hydrogens is 330 g/mol. The van der Waals surface area contributed by atoms with Gasteiger partial charge in [0.05, 0.1) is 12.2 Å². The summed E-state index contributed by atoms with van der Waals surface area (Å²) in [5.74, 6) is -0.0667. The third-order valence-corrected chi connectivity index (χ3v) is 3.73. The Hall–Kier alpha value is -2.48. The van der Waals surface area contributed by atoms with Crippen LogP contribution in [0.2, 0.25) is 0 Å². The number of rotatable bonds is 5. The quantitative estimate of drug-likeness (QED) is 0.823. The van der Waals surface area contributed by atoms with Crippen LogP contribution in [0.25, 0.3) is 0 Å². The van der Waals surface area contributed by atoms with Crippen LogP contribution in [-0.2, 0) is 26.5 Å². The van der Waals surface area contributed by atoms with Gasteiger partial charge >= 0.3 is 10.5 Å². The fourth-order valence-electron chi connectivity index (χ4n) is 2.63. The normalized spacial score (nSPS) is 13.5. The monoisotopic (exact) mass is 351 g/mol. The molecule has 2 rings (SSSR count). The molecule has 8 heteroatoms. The zero-order valence-electron chi connectivity index (χ0n) is 13.9. The van der Waals surface area contributed by atoms with Crippen LogP contribution in [0.4, 0.5) is 5.69 Å². The average molecular weight is 351 g/mol. The summed E-state index contributed by atoms with van der Waals surface area (Å²) in [7, 11) is -2.61. The van der Waals surface area contributed by atoms with Gasteiger partial charge in [-0.1, -0.05) is 32.0 Å². The van der Waals surface area contributed by atoms with Crippen molar-refractivity contribution < 1.29 is 18.0 Å². The van der Waals surface area contributed by atoms with Crippen LogP contribution in [0.5, 0.6) is 0 Å². The molecule has 2 amide bonds. The first kappa shape index (κ1) is 19.6. The van der Waals surface area contributed by atoms with E-state index in [1.54, 1.807) is 0 Å². The number of hydrogen-bond acceptors (Lipinski definition) is 5. The van der Waals surface area contributed by atoms with Crippen molar-refractivity contribution in [1.82, 2.24) is 5.01 Å². The Bertz CT molecular complexity index is 750. The van der Waals surface area contributed by atoms with Crippen LogP contribution in [0, 0.1) is 4.78 Å². The molecule has 0 aliphatic carbocycles. The summed E-state index contributed by atoms with van der Waals surface area (Å²) < 4.78 is 22.8. The number of nitrogens with one attached hydrogen (secondary N) is 1. The molecule has 0 bridgehead atoms. The minimum absolute atomic E-state index is 0.0667. The van der Waals surface area contributed by atoms with E-state index in [0.29, 0.717) is 13.0 Å². The van der Waals surface area contributed by atoms with Crippen molar-refractivity contribution in [2.75, 3.05) is 11.6 Å². The third-order valence-electron chi connectivity index (χ3n) is 3.73. The zero-order chi connectivity index (χ0) is 18.3. The number of carbonyl (C=O) groups excluding carboxylic acids is 2. The Kier molecular flexibility index (Phi) is 7.31. The molecule has 1 aromatic rings. The zero-order valence-corrected chi connectivity index (χ0v) is 14.8. The number of hydrazine groups is 1. The average Bonchev–Trinajstić information content (AvgIpc) is 2.82. The molecule has 1 aliphatic rings. The van der Waals surface area contributed by atoms with Gasteiger partial charge in [0.25, 0.3) is 5.91 Å². The Labute approximate surface area is 143 Å². The Morgan fingerprint density at radius 2 is 1.83 bits per heavy atom. The molecule has 0 spiro atoms. The molecule has 1 N–H and O–H groups in total. The van der Waals surface area contributed by atoms with Gasteiger partial charge in [0.2, 0.25) is 6.41 Å². The Balaban J connectivity index is 0.000000648. The summed E-state index contributed by atoms with van der Waals surface area (Å²) in [5, 5.41) is 2.96. The first-order chi connectivity index (χ1) is 11.4. The van der Waals surface area contributed by atoms with Gasteiger partial charge in [0.1, 0.15) is 0 Å². The number of anilines is 1. The van der Waals surface area contributed by atoms with Gasteiger partial charge in [-0.25, -0.2) is 10.0 Å². The first-order valence-electron chi connectivity index (χ1n) is 7.50. The number of benzene rings is 1. The summed E-state index contributed by atoms with van der Waals surface area (Å²) in [6.45, 7) is 6.43. The highest BCUT2D eigenvalue weighted by Gasteiger charge is 2.32. The molecule has 7 nitrogen and oxygen atoms in total. The van der Waals surface area contributed by atoms with Crippen LogP contribution in [-0.4, -0.2) is 32.3 Å². The van der Waals surface area contributed by atoms with Crippen molar-refractivity contribution in [3.05, 3.63) is 41.0 Å². The lowest BCUT2D eigenvalue weighted by molar-refractivity contribution is -0.129. The molecule has 0 unspecified atom stereocenters. The number of nitrogens with zero attached hydrogens (tertiary/aromatic N) is 2. The van der Waals surface area contributed by atoms with Crippen LogP contribution < -0.4 is 5.01 Å². The number of amides is 2. The number of carbonyl (C=O) groups is 2. The number of hydrogen-bond donors (Lipinski definition) is 1. The molecule has 0 saturated heterocycles. The maximum absolute atomic E-state index is 12.4. The maximum Gasteiger partial charge on any atom is 0.308 e. The fourth-order valence-corrected chi connectivity index (χ4v) is 2.63. The van der Waals surface area contributed by atoms with Gasteiger partial charge in [0.15, 0.2) is 0 Å². The molecule has 0 atom stereocenters. The lowest BCUT2D eigenvalue weighted by Gasteiger charge is -2.30. The van der Waals surface area contributed by atoms with Gasteiger partial charge in [0, 0.05) is 5.57 Å². The summed E-state index contributed by atoms with van der Waals surface area (Å²) in [6.07, 6.45) is 2.23. The molecule has 130 valence electrons. The molecule has 1 heterocycles. The minimum atomic E-state index is -2.61. The van der Waals surface area contributed by atoms with Gasteiger partial charge in [-0.3, -0.25) is 9.59 Å². The Morgan fingerprint density at radius 1 is 1.25 bits per heavy atom. The van der Waals surface area contributed by atoms with E-state index in [4.69, 9.17) is 13.2 Å². The molecule has 0 saturated carbocycles. The highest BCUT2D eigenvalue weighted by molar-refractivity contribution is 7.60. The van der Waals surface area contributed by atoms with Crippen molar-refractivity contribution in [3.63, 3.8) is 0 Å². The molecular formula is C16H21N3O4S. The van der Waals surface area contributed by atoms with Crippen LogP contribution in [0.1, 0.15) is 32.8 Å². The van der Waals surface area contributed by atoms with Crippen molar-refractivity contribution in [1.29, 1.82) is 4.78 Å². The minimum Gasteiger partial charge on any atom is -0.276 e. The predicted molar refractivity (Wildman–Crippen MR) is 90.7 cm³/mol. The lowest BCUT2D eigenvalue weighted by Crippen LogP contribution is -2.44. The first-order valence-corrected chi connectivity index (χ1v) is 8.58. The molecule has 0 fully saturated rings. The molecule has 0 aromatic heterocycles. The van der Waals surface area contributed by atoms with E-state index in [-0.39, 0.29) is 5.91 Å². The second-order valence-electron chi connectivity index (χ2n) is 5.14. The summed E-state index contributed by atoms with van der Waals surface area (Å²) in [5.41, 5.74) is 3.68. The van der Waals surface area contributed by atoms with Crippen molar-refractivity contribution >= 4 is 28.5 Å². The van der Waals surface area contributed by atoms with Gasteiger partial charge in [-0.2, -0.15) is 13.2 Å². The van der Waals surface area contributed by atoms with Gasteiger partial charge in [-0.05, 0) is 37.0 Å². The van der Waals surface area contributed by atoms with E-state index in [1.807, 2.05) is 45.0 Å². The van der Waals surface area contributed by atoms with Gasteiger partial charge in [-0.15, -0.1) is 0 Å². The van der Waals surface area contributed by atoms with E-state index < -0.39 is 10.5 Å². The molecule has 0 radical (unpaired) electrons. The Morgan fingerprint density at radius 3 is 2.29 bits per heavy atom. The molecule has 24 heavy (non-hydrogen) atoms. The van der Waals surface area contributed by atoms with E-state index in [1.165, 1.54) is 10.0 Å². The van der Waals surface area contributed by atoms with Gasteiger partial charge < -0.3 is 0 Å². The van der Waals surface area contributed by atoms with E-state index in [2.05, 4.69) is 0 Å². The predicted octanol–water partition coefficient (Wildman–Crippen LogP) is 2.32. The maximum atomic E-state index is 12.4. The summed E-state index contributed by atoms with van der Waals surface area (Å²) in [6, 6.07) is 7.68.